The number of phenolic OH excluding ortho intramolecular Hbond substituents is 1. The third-order valence-electron chi connectivity index (χ3n) is 2.63. The van der Waals surface area contributed by atoms with Gasteiger partial charge in [0, 0.05) is 30.9 Å². The molecule has 0 aliphatic heterocycles. The molecule has 2 rings (SSSR count). The summed E-state index contributed by atoms with van der Waals surface area (Å²) in [5, 5.41) is 12.9. The normalized spacial score (nSPS) is 10.3. The van der Waals surface area contributed by atoms with E-state index in [1.807, 2.05) is 0 Å². The number of hydrogen-bond donors (Lipinski definition) is 2. The molecule has 1 amide bonds. The van der Waals surface area contributed by atoms with Gasteiger partial charge in [-0.05, 0) is 18.2 Å². The van der Waals surface area contributed by atoms with Crippen molar-refractivity contribution >= 4 is 34.5 Å². The molecule has 5 nitrogen and oxygen atoms in total. The summed E-state index contributed by atoms with van der Waals surface area (Å²) in [6, 6.07) is 4.84. The molecular weight excluding hydrogens is 298 g/mol. The zero-order valence-corrected chi connectivity index (χ0v) is 12.6. The summed E-state index contributed by atoms with van der Waals surface area (Å²) >= 11 is 7.15. The fourth-order valence-electron chi connectivity index (χ4n) is 1.61. The lowest BCUT2D eigenvalue weighted by molar-refractivity contribution is 0.0824. The van der Waals surface area contributed by atoms with Crippen molar-refractivity contribution in [2.75, 3.05) is 19.4 Å². The fourth-order valence-corrected chi connectivity index (χ4v) is 2.53. The summed E-state index contributed by atoms with van der Waals surface area (Å²) in [6.45, 7) is 0.560. The Morgan fingerprint density at radius 3 is 2.85 bits per heavy atom. The number of anilines is 1. The second kappa shape index (κ2) is 6.11. The molecule has 1 heterocycles. The maximum absolute atomic E-state index is 11.9. The number of rotatable bonds is 4. The molecule has 0 atom stereocenters. The molecule has 1 aromatic carbocycles. The molecule has 1 aromatic heterocycles. The number of benzene rings is 1. The van der Waals surface area contributed by atoms with E-state index in [0.717, 1.165) is 10.6 Å². The van der Waals surface area contributed by atoms with E-state index in [4.69, 9.17) is 11.6 Å². The second-order valence-corrected chi connectivity index (χ2v) is 6.06. The highest BCUT2D eigenvalue weighted by Gasteiger charge is 2.13. The molecule has 2 N–H and O–H groups in total. The summed E-state index contributed by atoms with van der Waals surface area (Å²) in [4.78, 5) is 18.3. The summed E-state index contributed by atoms with van der Waals surface area (Å²) in [6.07, 6.45) is 1.70. The summed E-state index contributed by atoms with van der Waals surface area (Å²) < 4.78 is 0.496. The van der Waals surface area contributed by atoms with Crippen LogP contribution < -0.4 is 5.32 Å². The summed E-state index contributed by atoms with van der Waals surface area (Å²) in [7, 11) is 3.28. The van der Waals surface area contributed by atoms with Gasteiger partial charge in [0.15, 0.2) is 4.47 Å². The first kappa shape index (κ1) is 14.6. The van der Waals surface area contributed by atoms with Crippen LogP contribution in [0.5, 0.6) is 5.75 Å². The van der Waals surface area contributed by atoms with Crippen molar-refractivity contribution in [2.45, 2.75) is 6.54 Å². The number of nitrogens with one attached hydrogen (secondary N) is 1. The molecule has 0 saturated heterocycles. The Morgan fingerprint density at radius 1 is 1.50 bits per heavy atom. The number of amides is 1. The van der Waals surface area contributed by atoms with Crippen LogP contribution in [0, 0.1) is 0 Å². The van der Waals surface area contributed by atoms with Crippen molar-refractivity contribution in [1.29, 1.82) is 0 Å². The van der Waals surface area contributed by atoms with Crippen LogP contribution in [0.25, 0.3) is 0 Å². The van der Waals surface area contributed by atoms with Crippen molar-refractivity contribution < 1.29 is 9.90 Å². The van der Waals surface area contributed by atoms with Gasteiger partial charge < -0.3 is 15.3 Å². The van der Waals surface area contributed by atoms with E-state index in [1.165, 1.54) is 22.3 Å². The van der Waals surface area contributed by atoms with Gasteiger partial charge in [0.05, 0.1) is 12.1 Å². The number of aromatic hydroxyl groups is 1. The third-order valence-corrected chi connectivity index (χ3v) is 3.74. The number of nitrogens with zero attached hydrogens (tertiary/aromatic N) is 2. The Bertz CT molecular complexity index is 628. The minimum atomic E-state index is -0.244. The molecule has 0 radical (unpaired) electrons. The molecule has 0 aliphatic carbocycles. The lowest BCUT2D eigenvalue weighted by Crippen LogP contribution is -2.21. The zero-order valence-electron chi connectivity index (χ0n) is 11.1. The number of halogens is 1. The first-order valence-corrected chi connectivity index (χ1v) is 7.05. The van der Waals surface area contributed by atoms with Crippen LogP contribution in [0.4, 0.5) is 5.69 Å². The van der Waals surface area contributed by atoms with E-state index < -0.39 is 0 Å². The first-order chi connectivity index (χ1) is 9.47. The van der Waals surface area contributed by atoms with E-state index in [1.54, 1.807) is 32.4 Å². The second-order valence-electron chi connectivity index (χ2n) is 4.36. The maximum Gasteiger partial charge on any atom is 0.257 e. The molecule has 20 heavy (non-hydrogen) atoms. The van der Waals surface area contributed by atoms with E-state index in [0.29, 0.717) is 11.0 Å². The molecule has 0 bridgehead atoms. The van der Waals surface area contributed by atoms with Crippen LogP contribution >= 0.6 is 22.9 Å². The highest BCUT2D eigenvalue weighted by Crippen LogP contribution is 2.24. The van der Waals surface area contributed by atoms with Gasteiger partial charge in [0.1, 0.15) is 5.75 Å². The predicted octanol–water partition coefficient (Wildman–Crippen LogP) is 2.82. The number of carbonyl (C=O) groups is 1. The van der Waals surface area contributed by atoms with E-state index in [9.17, 15) is 9.90 Å². The minimum Gasteiger partial charge on any atom is -0.507 e. The summed E-state index contributed by atoms with van der Waals surface area (Å²) in [5.41, 5.74) is 1.01. The van der Waals surface area contributed by atoms with Gasteiger partial charge in [0.25, 0.3) is 5.91 Å². The SMILES string of the molecule is CN(C)C(=O)c1cc(NCc2cnc(Cl)s2)ccc1O. The molecule has 0 fully saturated rings. The molecule has 106 valence electrons. The average molecular weight is 312 g/mol. The van der Waals surface area contributed by atoms with Crippen molar-refractivity contribution in [1.82, 2.24) is 9.88 Å². The molecule has 2 aromatic rings. The van der Waals surface area contributed by atoms with E-state index in [-0.39, 0.29) is 17.2 Å². The number of phenols is 1. The van der Waals surface area contributed by atoms with Crippen molar-refractivity contribution in [3.05, 3.63) is 39.3 Å². The number of hydrogen-bond acceptors (Lipinski definition) is 5. The van der Waals surface area contributed by atoms with Crippen LogP contribution in [0.2, 0.25) is 4.47 Å². The zero-order chi connectivity index (χ0) is 14.7. The number of thiazole rings is 1. The molecule has 0 unspecified atom stereocenters. The predicted molar refractivity (Wildman–Crippen MR) is 80.6 cm³/mol. The molecule has 0 saturated carbocycles. The smallest absolute Gasteiger partial charge is 0.257 e. The van der Waals surface area contributed by atoms with Gasteiger partial charge in [-0.2, -0.15) is 0 Å². The monoisotopic (exact) mass is 311 g/mol. The lowest BCUT2D eigenvalue weighted by atomic mass is 10.1. The Kier molecular flexibility index (Phi) is 4.46. The molecule has 0 spiro atoms. The quantitative estimate of drug-likeness (QED) is 0.852. The van der Waals surface area contributed by atoms with Crippen LogP contribution in [-0.2, 0) is 6.54 Å². The number of carbonyl (C=O) groups excluding carboxylic acids is 1. The Hall–Kier alpha value is -1.79. The van der Waals surface area contributed by atoms with Crippen LogP contribution in [0.1, 0.15) is 15.2 Å². The molecule has 7 heteroatoms. The van der Waals surface area contributed by atoms with Crippen molar-refractivity contribution in [3.63, 3.8) is 0 Å². The lowest BCUT2D eigenvalue weighted by Gasteiger charge is -2.13. The maximum atomic E-state index is 11.9. The summed E-state index contributed by atoms with van der Waals surface area (Å²) in [5.74, 6) is -0.276. The highest BCUT2D eigenvalue weighted by molar-refractivity contribution is 7.15. The Balaban J connectivity index is 2.13. The third kappa shape index (κ3) is 3.40. The van der Waals surface area contributed by atoms with Crippen LogP contribution in [0.15, 0.2) is 24.4 Å². The highest BCUT2D eigenvalue weighted by atomic mass is 35.5. The van der Waals surface area contributed by atoms with Crippen molar-refractivity contribution in [2.24, 2.45) is 0 Å². The van der Waals surface area contributed by atoms with Gasteiger partial charge in [-0.1, -0.05) is 11.6 Å². The Morgan fingerprint density at radius 2 is 2.25 bits per heavy atom. The van der Waals surface area contributed by atoms with Gasteiger partial charge in [0.2, 0.25) is 0 Å². The standard InChI is InChI=1S/C13H14ClN3O2S/c1-17(2)12(19)10-5-8(3-4-11(10)18)15-6-9-7-16-13(14)20-9/h3-5,7,15,18H,6H2,1-2H3. The minimum absolute atomic E-state index is 0.0323. The largest absolute Gasteiger partial charge is 0.507 e. The van der Waals surface area contributed by atoms with Crippen LogP contribution in [-0.4, -0.2) is 35.0 Å². The fraction of sp³-hybridized carbons (Fsp3) is 0.231. The van der Waals surface area contributed by atoms with Gasteiger partial charge in [-0.15, -0.1) is 11.3 Å². The van der Waals surface area contributed by atoms with E-state index in [2.05, 4.69) is 10.3 Å². The molecule has 0 aliphatic rings. The molecular formula is C13H14ClN3O2S. The van der Waals surface area contributed by atoms with E-state index >= 15 is 0 Å². The van der Waals surface area contributed by atoms with Gasteiger partial charge in [-0.25, -0.2) is 4.98 Å². The van der Waals surface area contributed by atoms with Gasteiger partial charge >= 0.3 is 0 Å². The van der Waals surface area contributed by atoms with Crippen molar-refractivity contribution in [3.8, 4) is 5.75 Å². The Labute approximate surface area is 125 Å². The van der Waals surface area contributed by atoms with Gasteiger partial charge in [-0.3, -0.25) is 4.79 Å². The number of aromatic nitrogens is 1. The first-order valence-electron chi connectivity index (χ1n) is 5.86. The topological polar surface area (TPSA) is 65.5 Å². The van der Waals surface area contributed by atoms with Crippen LogP contribution in [0.3, 0.4) is 0 Å². The average Bonchev–Trinajstić information content (AvgIpc) is 2.82.